The van der Waals surface area contributed by atoms with E-state index < -0.39 is 12.1 Å². The van der Waals surface area contributed by atoms with Crippen LogP contribution in [0, 0.1) is 13.8 Å². The van der Waals surface area contributed by atoms with Crippen molar-refractivity contribution in [1.82, 2.24) is 25.5 Å². The second-order valence-corrected chi connectivity index (χ2v) is 8.06. The Kier molecular flexibility index (Phi) is 6.53. The van der Waals surface area contributed by atoms with Gasteiger partial charge in [0.1, 0.15) is 5.75 Å². The van der Waals surface area contributed by atoms with Crippen molar-refractivity contribution in [3.05, 3.63) is 76.7 Å². The Bertz CT molecular complexity index is 1240. The van der Waals surface area contributed by atoms with Gasteiger partial charge in [0.25, 0.3) is 5.91 Å². The van der Waals surface area contributed by atoms with Crippen molar-refractivity contribution in [3.63, 3.8) is 0 Å². The Morgan fingerprint density at radius 1 is 1.21 bits per heavy atom. The number of rotatable bonds is 7. The lowest BCUT2D eigenvalue weighted by atomic mass is 10.0. The number of aromatic nitrogens is 2. The minimum atomic E-state index is -0.643. The predicted octanol–water partition coefficient (Wildman–Crippen LogP) is 2.92. The van der Waals surface area contributed by atoms with Gasteiger partial charge >= 0.3 is 6.03 Å². The molecule has 2 heterocycles. The first kappa shape index (κ1) is 22.9. The number of fused-ring (bicyclic) bond motifs is 1. The first-order chi connectivity index (χ1) is 16.4. The van der Waals surface area contributed by atoms with Crippen LogP contribution in [0.15, 0.2) is 48.7 Å². The number of amides is 4. The zero-order valence-corrected chi connectivity index (χ0v) is 19.2. The summed E-state index contributed by atoms with van der Waals surface area (Å²) in [5.41, 5.74) is 5.57. The topological polar surface area (TPSA) is 114 Å². The van der Waals surface area contributed by atoms with E-state index >= 15 is 0 Å². The van der Waals surface area contributed by atoms with Crippen LogP contribution < -0.4 is 15.4 Å². The fraction of sp³-hybridized carbons (Fsp3) is 0.240. The van der Waals surface area contributed by atoms with Gasteiger partial charge in [-0.25, -0.2) is 9.78 Å². The maximum atomic E-state index is 13.0. The monoisotopic (exact) mass is 459 g/mol. The van der Waals surface area contributed by atoms with Crippen molar-refractivity contribution in [2.45, 2.75) is 26.4 Å². The summed E-state index contributed by atoms with van der Waals surface area (Å²) in [5, 5.41) is 4.88. The van der Waals surface area contributed by atoms with Crippen molar-refractivity contribution in [3.8, 4) is 17.0 Å². The molecule has 2 N–H and O–H groups in total. The predicted molar refractivity (Wildman–Crippen MR) is 125 cm³/mol. The van der Waals surface area contributed by atoms with E-state index in [0.717, 1.165) is 33.8 Å². The summed E-state index contributed by atoms with van der Waals surface area (Å²) >= 11 is 0. The summed E-state index contributed by atoms with van der Waals surface area (Å²) in [7, 11) is 1.55. The Morgan fingerprint density at radius 3 is 2.68 bits per heavy atom. The van der Waals surface area contributed by atoms with E-state index in [1.54, 1.807) is 24.3 Å². The molecule has 9 heteroatoms. The van der Waals surface area contributed by atoms with Crippen molar-refractivity contribution in [2.24, 2.45) is 0 Å². The van der Waals surface area contributed by atoms with Crippen LogP contribution in [0.25, 0.3) is 11.3 Å². The van der Waals surface area contributed by atoms with E-state index in [1.165, 1.54) is 0 Å². The van der Waals surface area contributed by atoms with Gasteiger partial charge in [0.15, 0.2) is 0 Å². The average Bonchev–Trinajstić information content (AvgIpc) is 3.15. The number of imide groups is 1. The van der Waals surface area contributed by atoms with Crippen molar-refractivity contribution < 1.29 is 19.1 Å². The number of hydrogen-bond donors (Lipinski definition) is 2. The van der Waals surface area contributed by atoms with Crippen LogP contribution in [0.1, 0.15) is 38.9 Å². The third kappa shape index (κ3) is 4.73. The molecule has 174 valence electrons. The molecule has 34 heavy (non-hydrogen) atoms. The number of ether oxygens (including phenoxy) is 1. The van der Waals surface area contributed by atoms with Gasteiger partial charge in [-0.1, -0.05) is 30.3 Å². The number of nitrogens with zero attached hydrogens (tertiary/aromatic N) is 3. The summed E-state index contributed by atoms with van der Waals surface area (Å²) in [6, 6.07) is 11.8. The quantitative estimate of drug-likeness (QED) is 0.525. The van der Waals surface area contributed by atoms with Gasteiger partial charge in [-0.2, -0.15) is 0 Å². The van der Waals surface area contributed by atoms with Gasteiger partial charge in [0.2, 0.25) is 6.41 Å². The van der Waals surface area contributed by atoms with E-state index in [4.69, 9.17) is 4.74 Å². The van der Waals surface area contributed by atoms with Crippen LogP contribution in [0.2, 0.25) is 0 Å². The molecule has 0 saturated heterocycles. The van der Waals surface area contributed by atoms with Crippen molar-refractivity contribution >= 4 is 18.3 Å². The van der Waals surface area contributed by atoms with E-state index in [2.05, 4.69) is 20.6 Å². The van der Waals surface area contributed by atoms with Gasteiger partial charge < -0.3 is 15.0 Å². The first-order valence-electron chi connectivity index (χ1n) is 10.8. The third-order valence-corrected chi connectivity index (χ3v) is 5.76. The molecule has 4 amide bonds. The fourth-order valence-corrected chi connectivity index (χ4v) is 4.01. The maximum absolute atomic E-state index is 13.0. The molecule has 3 aromatic rings. The second kappa shape index (κ2) is 9.70. The summed E-state index contributed by atoms with van der Waals surface area (Å²) in [5.74, 6) is 0.470. The van der Waals surface area contributed by atoms with Gasteiger partial charge in [0, 0.05) is 30.4 Å². The van der Waals surface area contributed by atoms with Gasteiger partial charge in [-0.15, -0.1) is 0 Å². The molecular weight excluding hydrogens is 434 g/mol. The highest BCUT2D eigenvalue weighted by molar-refractivity contribution is 5.98. The molecule has 1 atom stereocenters. The Labute approximate surface area is 197 Å². The number of aryl methyl sites for hydroxylation is 2. The standard InChI is InChI=1S/C25H25N5O4/c1-15-11-26-16(2)23(28-15)18-6-4-17(5-7-18)22(29-25(33)27-14-31)13-30-12-19-8-9-20(34-3)10-21(19)24(30)32/h4-11,14,22H,12-13H2,1-3H3,(H2,27,29,31,33)/t22-/m0/s1. The number of hydrogen-bond acceptors (Lipinski definition) is 6. The lowest BCUT2D eigenvalue weighted by Gasteiger charge is -2.25. The molecule has 0 fully saturated rings. The van der Waals surface area contributed by atoms with E-state index in [1.807, 2.05) is 50.2 Å². The highest BCUT2D eigenvalue weighted by Gasteiger charge is 2.30. The molecule has 0 spiro atoms. The first-order valence-corrected chi connectivity index (χ1v) is 10.8. The fourth-order valence-electron chi connectivity index (χ4n) is 4.01. The minimum absolute atomic E-state index is 0.140. The largest absolute Gasteiger partial charge is 0.497 e. The van der Waals surface area contributed by atoms with Crippen molar-refractivity contribution in [1.29, 1.82) is 0 Å². The number of nitrogens with one attached hydrogen (secondary N) is 2. The van der Waals surface area contributed by atoms with Crippen LogP contribution in [0.3, 0.4) is 0 Å². The molecule has 0 bridgehead atoms. The van der Waals surface area contributed by atoms with Crippen LogP contribution >= 0.6 is 0 Å². The van der Waals surface area contributed by atoms with Crippen LogP contribution in [-0.4, -0.2) is 46.9 Å². The molecule has 4 rings (SSSR count). The number of carbonyl (C=O) groups is 3. The summed E-state index contributed by atoms with van der Waals surface area (Å²) in [4.78, 5) is 46.5. The Morgan fingerprint density at radius 2 is 1.97 bits per heavy atom. The van der Waals surface area contributed by atoms with E-state index in [0.29, 0.717) is 24.3 Å². The van der Waals surface area contributed by atoms with Crippen LogP contribution in [-0.2, 0) is 11.3 Å². The molecule has 0 aliphatic carbocycles. The highest BCUT2D eigenvalue weighted by Crippen LogP contribution is 2.29. The lowest BCUT2D eigenvalue weighted by molar-refractivity contribution is -0.108. The summed E-state index contributed by atoms with van der Waals surface area (Å²) in [6.45, 7) is 4.43. The minimum Gasteiger partial charge on any atom is -0.497 e. The maximum Gasteiger partial charge on any atom is 0.321 e. The Balaban J connectivity index is 1.59. The number of methoxy groups -OCH3 is 1. The number of urea groups is 1. The average molecular weight is 460 g/mol. The molecular formula is C25H25N5O4. The molecule has 2 aromatic carbocycles. The van der Waals surface area contributed by atoms with Gasteiger partial charge in [-0.3, -0.25) is 19.9 Å². The smallest absolute Gasteiger partial charge is 0.321 e. The molecule has 1 aliphatic heterocycles. The third-order valence-electron chi connectivity index (χ3n) is 5.76. The van der Waals surface area contributed by atoms with Gasteiger partial charge in [-0.05, 0) is 37.1 Å². The molecule has 0 radical (unpaired) electrons. The Hall–Kier alpha value is -4.27. The molecule has 1 aromatic heterocycles. The summed E-state index contributed by atoms with van der Waals surface area (Å²) in [6.07, 6.45) is 2.04. The molecule has 1 aliphatic rings. The van der Waals surface area contributed by atoms with Crippen molar-refractivity contribution in [2.75, 3.05) is 13.7 Å². The zero-order valence-electron chi connectivity index (χ0n) is 19.2. The molecule has 0 unspecified atom stereocenters. The highest BCUT2D eigenvalue weighted by atomic mass is 16.5. The van der Waals surface area contributed by atoms with E-state index in [9.17, 15) is 14.4 Å². The normalized spacial score (nSPS) is 13.3. The molecule has 9 nitrogen and oxygen atoms in total. The number of benzene rings is 2. The lowest BCUT2D eigenvalue weighted by Crippen LogP contribution is -2.42. The van der Waals surface area contributed by atoms with Gasteiger partial charge in [0.05, 0.1) is 30.2 Å². The zero-order chi connectivity index (χ0) is 24.2. The van der Waals surface area contributed by atoms with E-state index in [-0.39, 0.29) is 12.5 Å². The SMILES string of the molecule is COc1ccc2c(c1)C(=O)N(C[C@H](NC(=O)NC=O)c1ccc(-c3nc(C)cnc3C)cc1)C2. The van der Waals surface area contributed by atoms with Crippen LogP contribution in [0.5, 0.6) is 5.75 Å². The second-order valence-electron chi connectivity index (χ2n) is 8.06. The molecule has 0 saturated carbocycles. The van der Waals surface area contributed by atoms with Crippen LogP contribution in [0.4, 0.5) is 4.79 Å². The summed E-state index contributed by atoms with van der Waals surface area (Å²) < 4.78 is 5.24. The number of carbonyl (C=O) groups excluding carboxylic acids is 3.